The second kappa shape index (κ2) is 12.8. The van der Waals surface area contributed by atoms with Crippen molar-refractivity contribution in [3.63, 3.8) is 0 Å². The van der Waals surface area contributed by atoms with E-state index in [0.717, 1.165) is 36.8 Å². The molecule has 0 spiro atoms. The van der Waals surface area contributed by atoms with Crippen molar-refractivity contribution in [3.05, 3.63) is 28.8 Å². The van der Waals surface area contributed by atoms with Crippen LogP contribution in [0.4, 0.5) is 0 Å². The van der Waals surface area contributed by atoms with Gasteiger partial charge in [0.1, 0.15) is 5.75 Å². The van der Waals surface area contributed by atoms with Crippen LogP contribution < -0.4 is 10.6 Å². The number of carbonyl (C=O) groups is 3. The Morgan fingerprint density at radius 3 is 1.97 bits per heavy atom. The SMILES string of the molecule is CCC(=O)NC(NC(=O)CC)OC(=O)CCCCCCc1cc(C)c(O)c(C)c1. The molecular weight excluding hydrogens is 372 g/mol. The van der Waals surface area contributed by atoms with Crippen LogP contribution in [0.25, 0.3) is 0 Å². The summed E-state index contributed by atoms with van der Waals surface area (Å²) >= 11 is 0. The molecule has 0 heterocycles. The minimum Gasteiger partial charge on any atom is -0.507 e. The number of aryl methyl sites for hydroxylation is 3. The lowest BCUT2D eigenvalue weighted by molar-refractivity contribution is -0.155. The topological polar surface area (TPSA) is 105 Å². The van der Waals surface area contributed by atoms with Gasteiger partial charge in [0.05, 0.1) is 0 Å². The number of rotatable bonds is 12. The van der Waals surface area contributed by atoms with Crippen molar-refractivity contribution in [1.29, 1.82) is 0 Å². The second-order valence-electron chi connectivity index (χ2n) is 7.20. The highest BCUT2D eigenvalue weighted by atomic mass is 16.6. The van der Waals surface area contributed by atoms with E-state index in [2.05, 4.69) is 10.6 Å². The van der Waals surface area contributed by atoms with Gasteiger partial charge < -0.3 is 20.5 Å². The van der Waals surface area contributed by atoms with Gasteiger partial charge in [0.15, 0.2) is 0 Å². The maximum absolute atomic E-state index is 12.0. The number of amides is 2. The summed E-state index contributed by atoms with van der Waals surface area (Å²) in [5, 5.41) is 14.8. The van der Waals surface area contributed by atoms with Crippen molar-refractivity contribution in [1.82, 2.24) is 10.6 Å². The van der Waals surface area contributed by atoms with E-state index in [9.17, 15) is 19.5 Å². The van der Waals surface area contributed by atoms with Crippen molar-refractivity contribution >= 4 is 17.8 Å². The molecule has 1 rings (SSSR count). The van der Waals surface area contributed by atoms with Gasteiger partial charge in [-0.3, -0.25) is 14.4 Å². The molecule has 1 aromatic carbocycles. The van der Waals surface area contributed by atoms with Crippen LogP contribution >= 0.6 is 0 Å². The molecule has 0 aliphatic rings. The highest BCUT2D eigenvalue weighted by Gasteiger charge is 2.17. The second-order valence-corrected chi connectivity index (χ2v) is 7.20. The maximum Gasteiger partial charge on any atom is 0.309 e. The van der Waals surface area contributed by atoms with Crippen molar-refractivity contribution < 1.29 is 24.2 Å². The third-order valence-electron chi connectivity index (χ3n) is 4.62. The molecular formula is C22H34N2O5. The van der Waals surface area contributed by atoms with E-state index in [0.29, 0.717) is 12.2 Å². The number of hydrogen-bond donors (Lipinski definition) is 3. The Labute approximate surface area is 173 Å². The number of phenols is 1. The summed E-state index contributed by atoms with van der Waals surface area (Å²) in [4.78, 5) is 35.0. The Morgan fingerprint density at radius 1 is 0.931 bits per heavy atom. The lowest BCUT2D eigenvalue weighted by Gasteiger charge is -2.19. The number of phenolic OH excluding ortho intramolecular Hbond substituents is 1. The molecule has 162 valence electrons. The summed E-state index contributed by atoms with van der Waals surface area (Å²) in [6.45, 7) is 7.15. The zero-order valence-electron chi connectivity index (χ0n) is 18.0. The number of ether oxygens (including phenoxy) is 1. The van der Waals surface area contributed by atoms with Crippen molar-refractivity contribution in [2.24, 2.45) is 0 Å². The van der Waals surface area contributed by atoms with Gasteiger partial charge in [0.2, 0.25) is 11.8 Å². The molecule has 7 nitrogen and oxygen atoms in total. The smallest absolute Gasteiger partial charge is 0.309 e. The van der Waals surface area contributed by atoms with E-state index in [4.69, 9.17) is 4.74 Å². The van der Waals surface area contributed by atoms with Crippen LogP contribution in [0.2, 0.25) is 0 Å². The average Bonchev–Trinajstić information content (AvgIpc) is 2.68. The molecule has 0 bridgehead atoms. The summed E-state index contributed by atoms with van der Waals surface area (Å²) in [6, 6.07) is 4.02. The molecule has 3 N–H and O–H groups in total. The molecule has 0 aromatic heterocycles. The number of nitrogens with one attached hydrogen (secondary N) is 2. The molecule has 2 amide bonds. The Balaban J connectivity index is 2.30. The Bertz CT molecular complexity index is 661. The molecule has 0 unspecified atom stereocenters. The van der Waals surface area contributed by atoms with E-state index >= 15 is 0 Å². The third-order valence-corrected chi connectivity index (χ3v) is 4.62. The molecule has 0 saturated carbocycles. The van der Waals surface area contributed by atoms with E-state index in [1.54, 1.807) is 13.8 Å². The summed E-state index contributed by atoms with van der Waals surface area (Å²) in [5.41, 5.74) is 2.99. The molecule has 29 heavy (non-hydrogen) atoms. The van der Waals surface area contributed by atoms with Gasteiger partial charge in [0.25, 0.3) is 6.35 Å². The predicted octanol–water partition coefficient (Wildman–Crippen LogP) is 3.38. The fraction of sp³-hybridized carbons (Fsp3) is 0.591. The van der Waals surface area contributed by atoms with Crippen LogP contribution in [0.5, 0.6) is 5.75 Å². The fourth-order valence-corrected chi connectivity index (χ4v) is 2.92. The molecule has 7 heteroatoms. The maximum atomic E-state index is 12.0. The number of hydrogen-bond acceptors (Lipinski definition) is 5. The molecule has 0 radical (unpaired) electrons. The first-order valence-corrected chi connectivity index (χ1v) is 10.3. The van der Waals surface area contributed by atoms with Crippen LogP contribution in [0.1, 0.15) is 75.5 Å². The number of aromatic hydroxyl groups is 1. The fourth-order valence-electron chi connectivity index (χ4n) is 2.92. The summed E-state index contributed by atoms with van der Waals surface area (Å²) in [6.07, 6.45) is 4.06. The molecule has 1 aromatic rings. The molecule has 0 aliphatic heterocycles. The Morgan fingerprint density at radius 2 is 1.45 bits per heavy atom. The van der Waals surface area contributed by atoms with Gasteiger partial charge in [-0.05, 0) is 49.8 Å². The average molecular weight is 407 g/mol. The van der Waals surface area contributed by atoms with Crippen LogP contribution in [0.3, 0.4) is 0 Å². The van der Waals surface area contributed by atoms with Crippen LogP contribution in [-0.4, -0.2) is 29.2 Å². The zero-order chi connectivity index (χ0) is 21.8. The third kappa shape index (κ3) is 9.45. The predicted molar refractivity (Wildman–Crippen MR) is 111 cm³/mol. The van der Waals surface area contributed by atoms with E-state index in [1.807, 2.05) is 26.0 Å². The standard InChI is InChI=1S/C22H34N2O5/c1-5-18(25)23-22(24-19(26)6-2)29-20(27)12-10-8-7-9-11-17-13-15(3)21(28)16(4)14-17/h13-14,22,28H,5-12H2,1-4H3,(H,23,25)(H,24,26). The Kier molecular flexibility index (Phi) is 10.8. The van der Waals surface area contributed by atoms with Gasteiger partial charge >= 0.3 is 5.97 Å². The van der Waals surface area contributed by atoms with Gasteiger partial charge in [-0.1, -0.05) is 38.8 Å². The summed E-state index contributed by atoms with van der Waals surface area (Å²) < 4.78 is 5.18. The molecule has 0 fully saturated rings. The van der Waals surface area contributed by atoms with Crippen LogP contribution in [0.15, 0.2) is 12.1 Å². The number of esters is 1. The summed E-state index contributed by atoms with van der Waals surface area (Å²) in [5.74, 6) is -0.707. The van der Waals surface area contributed by atoms with E-state index in [1.165, 1.54) is 5.56 Å². The number of carbonyl (C=O) groups excluding carboxylic acids is 3. The highest BCUT2D eigenvalue weighted by Crippen LogP contribution is 2.23. The van der Waals surface area contributed by atoms with E-state index < -0.39 is 12.3 Å². The van der Waals surface area contributed by atoms with Crippen molar-refractivity contribution in [2.75, 3.05) is 0 Å². The minimum atomic E-state index is -1.12. The first-order chi connectivity index (χ1) is 13.8. The monoisotopic (exact) mass is 406 g/mol. The molecule has 0 saturated heterocycles. The van der Waals surface area contributed by atoms with Gasteiger partial charge in [-0.2, -0.15) is 0 Å². The van der Waals surface area contributed by atoms with E-state index in [-0.39, 0.29) is 31.1 Å². The molecule has 0 aliphatic carbocycles. The van der Waals surface area contributed by atoms with Gasteiger partial charge in [-0.25, -0.2) is 0 Å². The first kappa shape index (κ1) is 24.5. The summed E-state index contributed by atoms with van der Waals surface area (Å²) in [7, 11) is 0. The largest absolute Gasteiger partial charge is 0.507 e. The number of benzene rings is 1. The quantitative estimate of drug-likeness (QED) is 0.280. The highest BCUT2D eigenvalue weighted by molar-refractivity contribution is 5.79. The number of unbranched alkanes of at least 4 members (excludes halogenated alkanes) is 3. The zero-order valence-corrected chi connectivity index (χ0v) is 18.0. The van der Waals surface area contributed by atoms with Crippen LogP contribution in [-0.2, 0) is 25.5 Å². The minimum absolute atomic E-state index is 0.232. The normalized spacial score (nSPS) is 10.7. The lowest BCUT2D eigenvalue weighted by atomic mass is 10.0. The molecule has 0 atom stereocenters. The van der Waals surface area contributed by atoms with Crippen LogP contribution in [0, 0.1) is 13.8 Å². The lowest BCUT2D eigenvalue weighted by Crippen LogP contribution is -2.50. The Hall–Kier alpha value is -2.57. The first-order valence-electron chi connectivity index (χ1n) is 10.3. The van der Waals surface area contributed by atoms with Gasteiger partial charge in [0, 0.05) is 19.3 Å². The van der Waals surface area contributed by atoms with Crippen molar-refractivity contribution in [2.45, 2.75) is 85.4 Å². The van der Waals surface area contributed by atoms with Gasteiger partial charge in [-0.15, -0.1) is 0 Å². The van der Waals surface area contributed by atoms with Crippen molar-refractivity contribution in [3.8, 4) is 5.75 Å².